The van der Waals surface area contributed by atoms with Crippen LogP contribution in [0.4, 0.5) is 5.69 Å². The Bertz CT molecular complexity index is 677. The lowest BCUT2D eigenvalue weighted by Crippen LogP contribution is -2.31. The Hall–Kier alpha value is -0.630. The van der Waals surface area contributed by atoms with Gasteiger partial charge in [-0.1, -0.05) is 6.92 Å². The lowest BCUT2D eigenvalue weighted by molar-refractivity contribution is -0.126. The van der Waals surface area contributed by atoms with Crippen molar-refractivity contribution in [3.8, 4) is 0 Å². The first kappa shape index (κ1) is 16.7. The minimum Gasteiger partial charge on any atom is -0.368 e. The van der Waals surface area contributed by atoms with Gasteiger partial charge in [0.05, 0.1) is 10.6 Å². The minimum atomic E-state index is -3.82. The van der Waals surface area contributed by atoms with Crippen LogP contribution >= 0.6 is 26.6 Å². The van der Waals surface area contributed by atoms with Crippen molar-refractivity contribution in [3.05, 3.63) is 22.2 Å². The summed E-state index contributed by atoms with van der Waals surface area (Å²) in [5, 5.41) is 2.75. The lowest BCUT2D eigenvalue weighted by atomic mass is 10.0. The Balaban J connectivity index is 2.25. The molecule has 2 unspecified atom stereocenters. The highest BCUT2D eigenvalue weighted by molar-refractivity contribution is 9.10. The number of benzene rings is 1. The molecule has 1 amide bonds. The van der Waals surface area contributed by atoms with Gasteiger partial charge in [-0.3, -0.25) is 4.79 Å². The molecule has 0 radical (unpaired) electrons. The van der Waals surface area contributed by atoms with E-state index in [1.54, 1.807) is 13.0 Å². The maximum atomic E-state index is 12.2. The summed E-state index contributed by atoms with van der Waals surface area (Å²) in [4.78, 5) is 12.2. The molecular weight excluding hydrogens is 382 g/mol. The average molecular weight is 397 g/mol. The topological polar surface area (TPSA) is 72.5 Å². The predicted octanol–water partition coefficient (Wildman–Crippen LogP) is 3.05. The average Bonchev–Trinajstić information content (AvgIpc) is 2.78. The molecule has 21 heavy (non-hydrogen) atoms. The Morgan fingerprint density at radius 2 is 2.14 bits per heavy atom. The number of rotatable bonds is 3. The number of halogens is 2. The molecule has 0 spiro atoms. The number of hydrogen-bond acceptors (Lipinski definition) is 4. The van der Waals surface area contributed by atoms with E-state index in [0.29, 0.717) is 22.3 Å². The molecule has 2 atom stereocenters. The van der Waals surface area contributed by atoms with E-state index in [1.807, 2.05) is 6.92 Å². The van der Waals surface area contributed by atoms with Crippen LogP contribution in [-0.4, -0.2) is 27.0 Å². The molecular formula is C13H15BrClNO4S. The monoisotopic (exact) mass is 395 g/mol. The molecule has 1 N–H and O–H groups in total. The highest BCUT2D eigenvalue weighted by Crippen LogP contribution is 2.31. The third kappa shape index (κ3) is 3.77. The first-order chi connectivity index (χ1) is 9.70. The number of anilines is 1. The van der Waals surface area contributed by atoms with Crippen molar-refractivity contribution in [1.29, 1.82) is 0 Å². The molecule has 5 nitrogen and oxygen atoms in total. The summed E-state index contributed by atoms with van der Waals surface area (Å²) in [5.74, 6) is -0.0751. The van der Waals surface area contributed by atoms with Crippen molar-refractivity contribution in [1.82, 2.24) is 0 Å². The van der Waals surface area contributed by atoms with Crippen LogP contribution < -0.4 is 5.32 Å². The second-order valence-electron chi connectivity index (χ2n) is 5.08. The maximum absolute atomic E-state index is 12.2. The van der Waals surface area contributed by atoms with E-state index >= 15 is 0 Å². The standard InChI is InChI=1S/C13H15BrClNO4S/c1-7-3-4-20-12(7)13(17)16-10-5-8(2)11(6-9(10)14)21(15,18)19/h5-7,12H,3-4H2,1-2H3,(H,16,17). The van der Waals surface area contributed by atoms with Gasteiger partial charge in [-0.2, -0.15) is 0 Å². The fraction of sp³-hybridized carbons (Fsp3) is 0.462. The number of carbonyl (C=O) groups excluding carboxylic acids is 1. The predicted molar refractivity (Wildman–Crippen MR) is 84.1 cm³/mol. The van der Waals surface area contributed by atoms with Gasteiger partial charge in [0.15, 0.2) is 0 Å². The first-order valence-electron chi connectivity index (χ1n) is 6.37. The van der Waals surface area contributed by atoms with E-state index in [-0.39, 0.29) is 16.7 Å². The zero-order valence-corrected chi connectivity index (χ0v) is 14.7. The number of ether oxygens (including phenoxy) is 1. The largest absolute Gasteiger partial charge is 0.368 e. The SMILES string of the molecule is Cc1cc(NC(=O)C2OCCC2C)c(Br)cc1S(=O)(=O)Cl. The Morgan fingerprint density at radius 1 is 1.48 bits per heavy atom. The van der Waals surface area contributed by atoms with Crippen molar-refractivity contribution in [2.45, 2.75) is 31.3 Å². The lowest BCUT2D eigenvalue weighted by Gasteiger charge is -2.16. The second kappa shape index (κ2) is 6.24. The van der Waals surface area contributed by atoms with Crippen molar-refractivity contribution in [2.75, 3.05) is 11.9 Å². The Kier molecular flexibility index (Phi) is 4.97. The summed E-state index contributed by atoms with van der Waals surface area (Å²) >= 11 is 3.25. The van der Waals surface area contributed by atoms with Crippen molar-refractivity contribution < 1.29 is 17.9 Å². The highest BCUT2D eigenvalue weighted by Gasteiger charge is 2.31. The van der Waals surface area contributed by atoms with Gasteiger partial charge in [0.25, 0.3) is 15.0 Å². The van der Waals surface area contributed by atoms with Crippen LogP contribution in [0.3, 0.4) is 0 Å². The maximum Gasteiger partial charge on any atom is 0.261 e. The van der Waals surface area contributed by atoms with Gasteiger partial charge in [0.2, 0.25) is 0 Å². The molecule has 116 valence electrons. The van der Waals surface area contributed by atoms with Gasteiger partial charge >= 0.3 is 0 Å². The minimum absolute atomic E-state index is 0.0134. The molecule has 1 saturated heterocycles. The molecule has 2 rings (SSSR count). The quantitative estimate of drug-likeness (QED) is 0.797. The summed E-state index contributed by atoms with van der Waals surface area (Å²) in [6, 6.07) is 2.95. The van der Waals surface area contributed by atoms with E-state index < -0.39 is 15.2 Å². The van der Waals surface area contributed by atoms with Crippen LogP contribution in [0.15, 0.2) is 21.5 Å². The van der Waals surface area contributed by atoms with Gasteiger partial charge in [-0.15, -0.1) is 0 Å². The van der Waals surface area contributed by atoms with E-state index in [4.69, 9.17) is 15.4 Å². The number of amides is 1. The molecule has 0 bridgehead atoms. The first-order valence-corrected chi connectivity index (χ1v) is 9.47. The van der Waals surface area contributed by atoms with Gasteiger partial charge in [0.1, 0.15) is 6.10 Å². The van der Waals surface area contributed by atoms with Gasteiger partial charge < -0.3 is 10.1 Å². The summed E-state index contributed by atoms with van der Waals surface area (Å²) < 4.78 is 28.7. The second-order valence-corrected chi connectivity index (χ2v) is 8.47. The van der Waals surface area contributed by atoms with Crippen molar-refractivity contribution in [2.24, 2.45) is 5.92 Å². The van der Waals surface area contributed by atoms with E-state index in [2.05, 4.69) is 21.2 Å². The summed E-state index contributed by atoms with van der Waals surface area (Å²) in [5.41, 5.74) is 0.952. The van der Waals surface area contributed by atoms with Crippen LogP contribution in [0.25, 0.3) is 0 Å². The van der Waals surface area contributed by atoms with Crippen LogP contribution in [0, 0.1) is 12.8 Å². The molecule has 8 heteroatoms. The smallest absolute Gasteiger partial charge is 0.261 e. The van der Waals surface area contributed by atoms with E-state index in [0.717, 1.165) is 6.42 Å². The Morgan fingerprint density at radius 3 is 2.67 bits per heavy atom. The molecule has 1 fully saturated rings. The number of carbonyl (C=O) groups is 1. The highest BCUT2D eigenvalue weighted by atomic mass is 79.9. The van der Waals surface area contributed by atoms with E-state index in [9.17, 15) is 13.2 Å². The molecule has 0 aliphatic carbocycles. The third-order valence-electron chi connectivity index (χ3n) is 3.43. The summed E-state index contributed by atoms with van der Waals surface area (Å²) in [6.07, 6.45) is 0.371. The van der Waals surface area contributed by atoms with Crippen molar-refractivity contribution >= 4 is 47.3 Å². The fourth-order valence-corrected chi connectivity index (χ4v) is 4.05. The fourth-order valence-electron chi connectivity index (χ4n) is 2.26. The molecule has 1 aliphatic heterocycles. The van der Waals surface area contributed by atoms with Crippen molar-refractivity contribution in [3.63, 3.8) is 0 Å². The molecule has 1 aromatic carbocycles. The normalized spacial score (nSPS) is 22.3. The van der Waals surface area contributed by atoms with Crippen LogP contribution in [0.5, 0.6) is 0 Å². The molecule has 1 heterocycles. The van der Waals surface area contributed by atoms with Crippen LogP contribution in [0.1, 0.15) is 18.9 Å². The summed E-state index contributed by atoms with van der Waals surface area (Å²) in [6.45, 7) is 4.15. The molecule has 0 aromatic heterocycles. The zero-order valence-electron chi connectivity index (χ0n) is 11.5. The molecule has 1 aliphatic rings. The third-order valence-corrected chi connectivity index (χ3v) is 5.55. The molecule has 1 aromatic rings. The van der Waals surface area contributed by atoms with Gasteiger partial charge in [-0.05, 0) is 52.9 Å². The van der Waals surface area contributed by atoms with E-state index in [1.165, 1.54) is 6.07 Å². The number of aryl methyl sites for hydroxylation is 1. The van der Waals surface area contributed by atoms with Gasteiger partial charge in [-0.25, -0.2) is 8.42 Å². The van der Waals surface area contributed by atoms with Crippen LogP contribution in [-0.2, 0) is 18.6 Å². The molecule has 0 saturated carbocycles. The summed E-state index contributed by atoms with van der Waals surface area (Å²) in [7, 11) is 1.54. The van der Waals surface area contributed by atoms with Crippen LogP contribution in [0.2, 0.25) is 0 Å². The van der Waals surface area contributed by atoms with Gasteiger partial charge in [0, 0.05) is 21.8 Å². The Labute approximate surface area is 136 Å². The number of hydrogen-bond donors (Lipinski definition) is 1. The number of nitrogens with one attached hydrogen (secondary N) is 1. The zero-order chi connectivity index (χ0) is 15.8.